The van der Waals surface area contributed by atoms with E-state index in [0.29, 0.717) is 0 Å². The van der Waals surface area contributed by atoms with Crippen molar-refractivity contribution < 1.29 is 14.0 Å². The van der Waals surface area contributed by atoms with Gasteiger partial charge in [0.15, 0.2) is 22.5 Å². The molecule has 0 N–H and O–H groups in total. The summed E-state index contributed by atoms with van der Waals surface area (Å²) in [7, 11) is 0. The van der Waals surface area contributed by atoms with Crippen molar-refractivity contribution in [3.63, 3.8) is 0 Å². The predicted molar refractivity (Wildman–Crippen MR) is 113 cm³/mol. The summed E-state index contributed by atoms with van der Waals surface area (Å²) in [5, 5.41) is 0. The Labute approximate surface area is 165 Å². The first-order valence-corrected chi connectivity index (χ1v) is 11.1. The third-order valence-electron chi connectivity index (χ3n) is 4.95. The van der Waals surface area contributed by atoms with Crippen LogP contribution < -0.4 is 14.0 Å². The van der Waals surface area contributed by atoms with Crippen LogP contribution in [-0.4, -0.2) is 17.8 Å². The standard InChI is InChI=1S/C23H39N2O2/c1-5-9-13-24-19-25(14-10-6-2)21-18-23(27-16-12-8-4)22(17-20(21)24)26-15-11-7-3/h17-19H,5-16H2,1-4H3/q+1. The summed E-state index contributed by atoms with van der Waals surface area (Å²) in [4.78, 5) is 0. The zero-order chi connectivity index (χ0) is 19.5. The molecule has 0 radical (unpaired) electrons. The zero-order valence-corrected chi connectivity index (χ0v) is 17.9. The van der Waals surface area contributed by atoms with Crippen LogP contribution in [0.1, 0.15) is 79.1 Å². The Morgan fingerprint density at radius 2 is 1.37 bits per heavy atom. The monoisotopic (exact) mass is 375 g/mol. The number of hydrogen-bond donors (Lipinski definition) is 0. The van der Waals surface area contributed by atoms with Crippen molar-refractivity contribution in [3.8, 4) is 11.5 Å². The minimum atomic E-state index is 0.748. The lowest BCUT2D eigenvalue weighted by molar-refractivity contribution is -0.672. The molecule has 152 valence electrons. The third-order valence-corrected chi connectivity index (χ3v) is 4.95. The Bertz CT molecular complexity index is 623. The highest BCUT2D eigenvalue weighted by molar-refractivity contribution is 5.77. The molecular formula is C23H39N2O2+. The van der Waals surface area contributed by atoms with Crippen LogP contribution >= 0.6 is 0 Å². The molecular weight excluding hydrogens is 336 g/mol. The summed E-state index contributed by atoms with van der Waals surface area (Å²) >= 11 is 0. The summed E-state index contributed by atoms with van der Waals surface area (Å²) in [6.45, 7) is 12.5. The summed E-state index contributed by atoms with van der Waals surface area (Å²) < 4.78 is 17.0. The first kappa shape index (κ1) is 21.6. The van der Waals surface area contributed by atoms with E-state index in [1.54, 1.807) is 0 Å². The van der Waals surface area contributed by atoms with Crippen LogP contribution in [0.15, 0.2) is 18.5 Å². The van der Waals surface area contributed by atoms with Crippen LogP contribution in [0, 0.1) is 0 Å². The number of rotatable bonds is 14. The predicted octanol–water partition coefficient (Wildman–Crippen LogP) is 5.89. The maximum Gasteiger partial charge on any atom is 0.244 e. The number of nitrogens with zero attached hydrogens (tertiary/aromatic N) is 2. The van der Waals surface area contributed by atoms with Gasteiger partial charge in [-0.1, -0.05) is 53.4 Å². The molecule has 0 saturated carbocycles. The second-order valence-corrected chi connectivity index (χ2v) is 7.40. The minimum absolute atomic E-state index is 0.748. The number of ether oxygens (including phenoxy) is 2. The molecule has 4 heteroatoms. The summed E-state index contributed by atoms with van der Waals surface area (Å²) in [6.07, 6.45) is 11.5. The van der Waals surface area contributed by atoms with Gasteiger partial charge < -0.3 is 9.47 Å². The molecule has 1 aromatic heterocycles. The van der Waals surface area contributed by atoms with Crippen molar-refractivity contribution in [2.75, 3.05) is 13.2 Å². The number of aromatic nitrogens is 2. The second-order valence-electron chi connectivity index (χ2n) is 7.40. The van der Waals surface area contributed by atoms with E-state index in [0.717, 1.165) is 63.5 Å². The average Bonchev–Trinajstić information content (AvgIpc) is 3.01. The summed E-state index contributed by atoms with van der Waals surface area (Å²) in [6, 6.07) is 4.40. The number of fused-ring (bicyclic) bond motifs is 1. The number of aryl methyl sites for hydroxylation is 2. The topological polar surface area (TPSA) is 27.3 Å². The fraction of sp³-hybridized carbons (Fsp3) is 0.696. The number of imidazole rings is 1. The van der Waals surface area contributed by atoms with Crippen LogP contribution in [0.3, 0.4) is 0 Å². The highest BCUT2D eigenvalue weighted by atomic mass is 16.5. The normalized spacial score (nSPS) is 11.3. The smallest absolute Gasteiger partial charge is 0.244 e. The van der Waals surface area contributed by atoms with Gasteiger partial charge in [-0.15, -0.1) is 0 Å². The maximum atomic E-state index is 6.12. The molecule has 1 aromatic carbocycles. The van der Waals surface area contributed by atoms with Crippen molar-refractivity contribution in [1.29, 1.82) is 0 Å². The third kappa shape index (κ3) is 6.15. The van der Waals surface area contributed by atoms with Crippen LogP contribution in [0.5, 0.6) is 11.5 Å². The van der Waals surface area contributed by atoms with Crippen molar-refractivity contribution in [3.05, 3.63) is 18.5 Å². The molecule has 1 heterocycles. The molecule has 27 heavy (non-hydrogen) atoms. The molecule has 2 aromatic rings. The highest BCUT2D eigenvalue weighted by Gasteiger charge is 2.20. The Kier molecular flexibility index (Phi) is 9.51. The van der Waals surface area contributed by atoms with Crippen molar-refractivity contribution >= 4 is 11.0 Å². The summed E-state index contributed by atoms with van der Waals surface area (Å²) in [5.41, 5.74) is 2.52. The van der Waals surface area contributed by atoms with E-state index in [4.69, 9.17) is 9.47 Å². The van der Waals surface area contributed by atoms with Crippen molar-refractivity contribution in [1.82, 2.24) is 4.57 Å². The number of hydrogen-bond acceptors (Lipinski definition) is 2. The van der Waals surface area contributed by atoms with Crippen molar-refractivity contribution in [2.24, 2.45) is 0 Å². The molecule has 0 aliphatic carbocycles. The molecule has 0 fully saturated rings. The van der Waals surface area contributed by atoms with E-state index < -0.39 is 0 Å². The molecule has 0 aliphatic rings. The first-order valence-electron chi connectivity index (χ1n) is 11.1. The highest BCUT2D eigenvalue weighted by Crippen LogP contribution is 2.32. The zero-order valence-electron chi connectivity index (χ0n) is 17.9. The van der Waals surface area contributed by atoms with Gasteiger partial charge in [-0.3, -0.25) is 0 Å². The molecule has 0 atom stereocenters. The first-order chi connectivity index (χ1) is 13.2. The van der Waals surface area contributed by atoms with Crippen LogP contribution in [0.4, 0.5) is 0 Å². The van der Waals surface area contributed by atoms with E-state index in [1.165, 1.54) is 36.7 Å². The lowest BCUT2D eigenvalue weighted by Crippen LogP contribution is -2.32. The summed E-state index contributed by atoms with van der Waals surface area (Å²) in [5.74, 6) is 1.79. The molecule has 0 saturated heterocycles. The van der Waals surface area contributed by atoms with E-state index in [-0.39, 0.29) is 0 Å². The molecule has 0 amide bonds. The molecule has 0 spiro atoms. The van der Waals surface area contributed by atoms with Crippen molar-refractivity contribution in [2.45, 2.75) is 92.2 Å². The minimum Gasteiger partial charge on any atom is -0.490 e. The Morgan fingerprint density at radius 1 is 0.778 bits per heavy atom. The fourth-order valence-corrected chi connectivity index (χ4v) is 3.18. The SMILES string of the molecule is CCCCOc1cc2c(cc1OCCCC)[n+](CCCC)cn2CCCC. The van der Waals surface area contributed by atoms with E-state index in [9.17, 15) is 0 Å². The van der Waals surface area contributed by atoms with Crippen LogP contribution in [-0.2, 0) is 13.1 Å². The Hall–Kier alpha value is -1.71. The maximum absolute atomic E-state index is 6.12. The van der Waals surface area contributed by atoms with Gasteiger partial charge in [0.25, 0.3) is 0 Å². The van der Waals surface area contributed by atoms with Crippen LogP contribution in [0.25, 0.3) is 11.0 Å². The Morgan fingerprint density at radius 3 is 1.96 bits per heavy atom. The molecule has 0 bridgehead atoms. The van der Waals surface area contributed by atoms with Gasteiger partial charge in [0, 0.05) is 12.1 Å². The van der Waals surface area contributed by atoms with Gasteiger partial charge in [0.1, 0.15) is 0 Å². The fourth-order valence-electron chi connectivity index (χ4n) is 3.18. The van der Waals surface area contributed by atoms with Gasteiger partial charge in [0.2, 0.25) is 6.33 Å². The lowest BCUT2D eigenvalue weighted by atomic mass is 10.2. The molecule has 2 rings (SSSR count). The van der Waals surface area contributed by atoms with Gasteiger partial charge in [0.05, 0.1) is 26.3 Å². The van der Waals surface area contributed by atoms with E-state index >= 15 is 0 Å². The largest absolute Gasteiger partial charge is 0.490 e. The van der Waals surface area contributed by atoms with Gasteiger partial charge in [-0.05, 0) is 25.7 Å². The molecule has 0 aliphatic heterocycles. The van der Waals surface area contributed by atoms with Gasteiger partial charge in [-0.25, -0.2) is 9.13 Å². The number of benzene rings is 1. The van der Waals surface area contributed by atoms with E-state index in [1.807, 2.05) is 0 Å². The van der Waals surface area contributed by atoms with Gasteiger partial charge >= 0.3 is 0 Å². The molecule has 4 nitrogen and oxygen atoms in total. The lowest BCUT2D eigenvalue weighted by Gasteiger charge is -2.12. The second kappa shape index (κ2) is 11.9. The quantitative estimate of drug-likeness (QED) is 0.304. The number of unbranched alkanes of at least 4 members (excludes halogenated alkanes) is 4. The van der Waals surface area contributed by atoms with Crippen LogP contribution in [0.2, 0.25) is 0 Å². The van der Waals surface area contributed by atoms with Gasteiger partial charge in [-0.2, -0.15) is 0 Å². The Balaban J connectivity index is 2.40. The average molecular weight is 376 g/mol. The molecule has 0 unspecified atom stereocenters. The van der Waals surface area contributed by atoms with E-state index in [2.05, 4.69) is 55.3 Å².